The van der Waals surface area contributed by atoms with Gasteiger partial charge in [0.2, 0.25) is 0 Å². The van der Waals surface area contributed by atoms with Crippen molar-refractivity contribution in [2.75, 3.05) is 13.1 Å². The molecule has 1 saturated heterocycles. The van der Waals surface area contributed by atoms with Crippen LogP contribution in [-0.2, 0) is 6.42 Å². The van der Waals surface area contributed by atoms with Crippen molar-refractivity contribution < 1.29 is 5.11 Å². The zero-order valence-corrected chi connectivity index (χ0v) is 9.03. The van der Waals surface area contributed by atoms with Crippen LogP contribution in [0.25, 0.3) is 0 Å². The van der Waals surface area contributed by atoms with Gasteiger partial charge in [0.15, 0.2) is 0 Å². The highest BCUT2D eigenvalue weighted by Gasteiger charge is 2.30. The molecule has 1 atom stereocenters. The van der Waals surface area contributed by atoms with Crippen LogP contribution in [0.1, 0.15) is 24.2 Å². The van der Waals surface area contributed by atoms with Crippen LogP contribution in [0.3, 0.4) is 0 Å². The summed E-state index contributed by atoms with van der Waals surface area (Å²) in [5.41, 5.74) is 1.18. The lowest BCUT2D eigenvalue weighted by Gasteiger charge is -2.32. The molecule has 2 heterocycles. The van der Waals surface area contributed by atoms with E-state index in [2.05, 4.69) is 15.3 Å². The van der Waals surface area contributed by atoms with Crippen molar-refractivity contribution in [1.29, 1.82) is 0 Å². The van der Waals surface area contributed by atoms with E-state index in [-0.39, 0.29) is 0 Å². The lowest BCUT2D eigenvalue weighted by molar-refractivity contribution is 0.0159. The van der Waals surface area contributed by atoms with E-state index in [1.54, 1.807) is 12.4 Å². The van der Waals surface area contributed by atoms with Gasteiger partial charge in [0.25, 0.3) is 0 Å². The molecule has 0 saturated carbocycles. The number of hydrogen-bond donors (Lipinski definition) is 2. The Balaban J connectivity index is 2.10. The fraction of sp³-hybridized carbons (Fsp3) is 0.636. The molecule has 2 N–H and O–H groups in total. The second kappa shape index (κ2) is 4.24. The molecule has 0 spiro atoms. The van der Waals surface area contributed by atoms with Gasteiger partial charge in [0.05, 0.1) is 17.0 Å². The molecule has 1 aromatic heterocycles. The first kappa shape index (κ1) is 10.5. The lowest BCUT2D eigenvalue weighted by atomic mass is 9.89. The zero-order valence-electron chi connectivity index (χ0n) is 9.03. The van der Waals surface area contributed by atoms with Crippen LogP contribution < -0.4 is 5.32 Å². The van der Waals surface area contributed by atoms with Crippen LogP contribution in [0.5, 0.6) is 0 Å². The summed E-state index contributed by atoms with van der Waals surface area (Å²) in [6.07, 6.45) is 5.83. The summed E-state index contributed by atoms with van der Waals surface area (Å²) in [5.74, 6) is 0. The first-order valence-electron chi connectivity index (χ1n) is 5.39. The van der Waals surface area contributed by atoms with Crippen molar-refractivity contribution in [3.63, 3.8) is 0 Å². The number of nitrogens with one attached hydrogen (secondary N) is 1. The quantitative estimate of drug-likeness (QED) is 0.739. The van der Waals surface area contributed by atoms with Gasteiger partial charge in [-0.1, -0.05) is 0 Å². The van der Waals surface area contributed by atoms with Crippen LogP contribution in [0.2, 0.25) is 0 Å². The molecule has 1 aromatic rings. The van der Waals surface area contributed by atoms with Gasteiger partial charge in [0, 0.05) is 25.4 Å². The minimum atomic E-state index is -0.640. The van der Waals surface area contributed by atoms with Gasteiger partial charge >= 0.3 is 0 Å². The summed E-state index contributed by atoms with van der Waals surface area (Å²) in [6.45, 7) is 3.59. The summed E-state index contributed by atoms with van der Waals surface area (Å²) in [7, 11) is 0. The maximum absolute atomic E-state index is 10.3. The lowest BCUT2D eigenvalue weighted by Crippen LogP contribution is -2.47. The van der Waals surface area contributed by atoms with Gasteiger partial charge in [0.1, 0.15) is 0 Å². The minimum absolute atomic E-state index is 0.597. The summed E-state index contributed by atoms with van der Waals surface area (Å²) in [6, 6.07) is 0. The molecule has 1 fully saturated rings. The third-order valence-corrected chi connectivity index (χ3v) is 2.93. The van der Waals surface area contributed by atoms with Crippen LogP contribution in [0.15, 0.2) is 12.4 Å². The normalized spacial score (nSPS) is 26.5. The van der Waals surface area contributed by atoms with Crippen LogP contribution >= 0.6 is 0 Å². The third kappa shape index (κ3) is 2.52. The largest absolute Gasteiger partial charge is 0.388 e. The Hall–Kier alpha value is -1.00. The molecule has 0 radical (unpaired) electrons. The molecule has 15 heavy (non-hydrogen) atoms. The van der Waals surface area contributed by atoms with Crippen molar-refractivity contribution in [2.24, 2.45) is 0 Å². The molecular weight excluding hydrogens is 190 g/mol. The number of aliphatic hydroxyl groups is 1. The second-order valence-corrected chi connectivity index (χ2v) is 4.27. The Morgan fingerprint density at radius 3 is 2.93 bits per heavy atom. The van der Waals surface area contributed by atoms with Crippen molar-refractivity contribution in [2.45, 2.75) is 31.8 Å². The average molecular weight is 207 g/mol. The minimum Gasteiger partial charge on any atom is -0.388 e. The zero-order chi connectivity index (χ0) is 10.7. The topological polar surface area (TPSA) is 58.0 Å². The van der Waals surface area contributed by atoms with Gasteiger partial charge in [-0.3, -0.25) is 9.97 Å². The molecule has 0 aromatic carbocycles. The Bertz CT molecular complexity index is 334. The summed E-state index contributed by atoms with van der Waals surface area (Å²) >= 11 is 0. The third-order valence-electron chi connectivity index (χ3n) is 2.93. The van der Waals surface area contributed by atoms with Crippen molar-refractivity contribution >= 4 is 0 Å². The molecule has 82 valence electrons. The molecule has 1 aliphatic rings. The second-order valence-electron chi connectivity index (χ2n) is 4.27. The number of piperidine rings is 1. The standard InChI is InChI=1S/C11H17N3O/c1-9-10(14-6-5-13-9)7-11(15)3-2-4-12-8-11/h5-6,12,15H,2-4,7-8H2,1H3. The Labute approximate surface area is 89.8 Å². The van der Waals surface area contributed by atoms with E-state index in [1.165, 1.54) is 0 Å². The van der Waals surface area contributed by atoms with Crippen molar-refractivity contribution in [3.05, 3.63) is 23.8 Å². The highest BCUT2D eigenvalue weighted by Crippen LogP contribution is 2.21. The van der Waals surface area contributed by atoms with Gasteiger partial charge < -0.3 is 10.4 Å². The van der Waals surface area contributed by atoms with Gasteiger partial charge in [-0.2, -0.15) is 0 Å². The maximum Gasteiger partial charge on any atom is 0.0827 e. The maximum atomic E-state index is 10.3. The van der Waals surface area contributed by atoms with Crippen molar-refractivity contribution in [3.8, 4) is 0 Å². The van der Waals surface area contributed by atoms with E-state index in [1.807, 2.05) is 6.92 Å². The molecule has 0 bridgehead atoms. The van der Waals surface area contributed by atoms with E-state index in [9.17, 15) is 5.11 Å². The summed E-state index contributed by atoms with van der Waals surface area (Å²) in [5, 5.41) is 13.5. The molecule has 4 heteroatoms. The summed E-state index contributed by atoms with van der Waals surface area (Å²) < 4.78 is 0. The summed E-state index contributed by atoms with van der Waals surface area (Å²) in [4.78, 5) is 8.45. The monoisotopic (exact) mass is 207 g/mol. The number of nitrogens with zero attached hydrogens (tertiary/aromatic N) is 2. The number of aryl methyl sites for hydroxylation is 1. The van der Waals surface area contributed by atoms with Crippen LogP contribution in [0, 0.1) is 6.92 Å². The molecule has 2 rings (SSSR count). The number of β-amino-alcohol motifs (C(OH)–C–C–N with tert-alkyl or cyclic N) is 1. The fourth-order valence-electron chi connectivity index (χ4n) is 2.02. The first-order chi connectivity index (χ1) is 7.20. The number of hydrogen-bond acceptors (Lipinski definition) is 4. The predicted octanol–water partition coefficient (Wildman–Crippen LogP) is 0.442. The predicted molar refractivity (Wildman–Crippen MR) is 57.5 cm³/mol. The van der Waals surface area contributed by atoms with Gasteiger partial charge in [-0.15, -0.1) is 0 Å². The molecule has 4 nitrogen and oxygen atoms in total. The van der Waals surface area contributed by atoms with E-state index in [4.69, 9.17) is 0 Å². The molecule has 0 aliphatic carbocycles. The average Bonchev–Trinajstić information content (AvgIpc) is 2.22. The Kier molecular flexibility index (Phi) is 2.98. The first-order valence-corrected chi connectivity index (χ1v) is 5.39. The van der Waals surface area contributed by atoms with Crippen LogP contribution in [-0.4, -0.2) is 33.8 Å². The van der Waals surface area contributed by atoms with Gasteiger partial charge in [-0.25, -0.2) is 0 Å². The Morgan fingerprint density at radius 2 is 2.27 bits per heavy atom. The fourth-order valence-corrected chi connectivity index (χ4v) is 2.02. The van der Waals surface area contributed by atoms with E-state index in [0.29, 0.717) is 13.0 Å². The molecular formula is C11H17N3O. The molecule has 1 unspecified atom stereocenters. The molecule has 0 amide bonds. The molecule has 1 aliphatic heterocycles. The number of rotatable bonds is 2. The van der Waals surface area contributed by atoms with E-state index < -0.39 is 5.60 Å². The number of aromatic nitrogens is 2. The van der Waals surface area contributed by atoms with Crippen LogP contribution in [0.4, 0.5) is 0 Å². The van der Waals surface area contributed by atoms with Crippen molar-refractivity contribution in [1.82, 2.24) is 15.3 Å². The van der Waals surface area contributed by atoms with Gasteiger partial charge in [-0.05, 0) is 26.3 Å². The smallest absolute Gasteiger partial charge is 0.0827 e. The highest BCUT2D eigenvalue weighted by molar-refractivity contribution is 5.12. The Morgan fingerprint density at radius 1 is 1.47 bits per heavy atom. The highest BCUT2D eigenvalue weighted by atomic mass is 16.3. The van der Waals surface area contributed by atoms with E-state index >= 15 is 0 Å². The van der Waals surface area contributed by atoms with E-state index in [0.717, 1.165) is 30.8 Å². The SMILES string of the molecule is Cc1nccnc1CC1(O)CCCNC1.